The molecule has 2 rings (SSSR count). The summed E-state index contributed by atoms with van der Waals surface area (Å²) in [6.07, 6.45) is 1.74. The maximum absolute atomic E-state index is 5.87. The summed E-state index contributed by atoms with van der Waals surface area (Å²) in [7, 11) is 5.77. The van der Waals surface area contributed by atoms with Gasteiger partial charge in [0.15, 0.2) is 0 Å². The number of hydrogen-bond acceptors (Lipinski definition) is 6. The number of rotatable bonds is 18. The van der Waals surface area contributed by atoms with Crippen LogP contribution in [-0.2, 0) is 19.6 Å². The van der Waals surface area contributed by atoms with Crippen LogP contribution in [0.25, 0.3) is 0 Å². The fraction of sp³-hybridized carbons (Fsp3) is 0.571. The van der Waals surface area contributed by atoms with Crippen molar-refractivity contribution in [2.75, 3.05) is 74.0 Å². The smallest absolute Gasteiger partial charge is 0.119 e. The van der Waals surface area contributed by atoms with Crippen LogP contribution in [0, 0.1) is 0 Å². The second-order valence-corrected chi connectivity index (χ2v) is 9.10. The molecule has 0 aliphatic rings. The lowest BCUT2D eigenvalue weighted by Gasteiger charge is -2.26. The zero-order valence-electron chi connectivity index (χ0n) is 21.7. The normalized spacial score (nSPS) is 11.7. The van der Waals surface area contributed by atoms with Gasteiger partial charge < -0.3 is 28.6 Å². The number of hydrogen-bond donors (Lipinski definition) is 0. The highest BCUT2D eigenvalue weighted by Gasteiger charge is 2.23. The predicted octanol–water partition coefficient (Wildman–Crippen LogP) is 4.79. The standard InChI is InChI=1S/C28H43NO5/c1-28(2,25-10-14-27(15-11-25)34-20-7-18-32-23-22-30-5)24-8-12-26(13-9-24)33-19-6-17-31-21-16-29(3)4/h8-15H,6-7,16-23H2,1-5H3. The summed E-state index contributed by atoms with van der Waals surface area (Å²) in [5, 5.41) is 0. The monoisotopic (exact) mass is 473 g/mol. The lowest BCUT2D eigenvalue weighted by atomic mass is 9.78. The Kier molecular flexibility index (Phi) is 13.0. The van der Waals surface area contributed by atoms with Crippen LogP contribution in [0.1, 0.15) is 37.8 Å². The first-order chi connectivity index (χ1) is 16.4. The molecule has 0 fully saturated rings. The first-order valence-corrected chi connectivity index (χ1v) is 12.2. The van der Waals surface area contributed by atoms with Crippen molar-refractivity contribution in [1.29, 1.82) is 0 Å². The molecule has 0 aliphatic carbocycles. The molecule has 0 amide bonds. The summed E-state index contributed by atoms with van der Waals surface area (Å²) >= 11 is 0. The van der Waals surface area contributed by atoms with Crippen LogP contribution in [0.2, 0.25) is 0 Å². The fourth-order valence-electron chi connectivity index (χ4n) is 3.40. The summed E-state index contributed by atoms with van der Waals surface area (Å²) in [6.45, 7) is 10.1. The van der Waals surface area contributed by atoms with Crippen LogP contribution >= 0.6 is 0 Å². The van der Waals surface area contributed by atoms with E-state index in [1.54, 1.807) is 7.11 Å². The van der Waals surface area contributed by atoms with Gasteiger partial charge in [-0.25, -0.2) is 0 Å². The van der Waals surface area contributed by atoms with Crippen molar-refractivity contribution in [1.82, 2.24) is 4.90 Å². The number of benzene rings is 2. The van der Waals surface area contributed by atoms with Crippen molar-refractivity contribution < 1.29 is 23.7 Å². The van der Waals surface area contributed by atoms with Crippen LogP contribution in [0.4, 0.5) is 0 Å². The molecule has 0 aromatic heterocycles. The third-order valence-electron chi connectivity index (χ3n) is 5.67. The molecular formula is C28H43NO5. The minimum absolute atomic E-state index is 0.119. The molecule has 0 aliphatic heterocycles. The van der Waals surface area contributed by atoms with Crippen molar-refractivity contribution in [3.63, 3.8) is 0 Å². The van der Waals surface area contributed by atoms with E-state index in [0.29, 0.717) is 33.0 Å². The SMILES string of the molecule is COCCOCCCOc1ccc(C(C)(C)c2ccc(OCCCOCCN(C)C)cc2)cc1. The summed E-state index contributed by atoms with van der Waals surface area (Å²) in [5.74, 6) is 1.77. The molecule has 0 saturated heterocycles. The Bertz CT molecular complexity index is 774. The lowest BCUT2D eigenvalue weighted by molar-refractivity contribution is 0.0644. The minimum atomic E-state index is -0.119. The predicted molar refractivity (Wildman–Crippen MR) is 137 cm³/mol. The van der Waals surface area contributed by atoms with Crippen molar-refractivity contribution in [2.45, 2.75) is 32.1 Å². The van der Waals surface area contributed by atoms with Gasteiger partial charge in [-0.2, -0.15) is 0 Å². The van der Waals surface area contributed by atoms with E-state index in [4.69, 9.17) is 23.7 Å². The van der Waals surface area contributed by atoms with E-state index in [0.717, 1.165) is 44.1 Å². The number of methoxy groups -OCH3 is 1. The van der Waals surface area contributed by atoms with Gasteiger partial charge in [0.25, 0.3) is 0 Å². The number of ether oxygens (including phenoxy) is 5. The number of likely N-dealkylation sites (N-methyl/N-ethyl adjacent to an activating group) is 1. The molecule has 6 heteroatoms. The van der Waals surface area contributed by atoms with Gasteiger partial charge in [0.05, 0.1) is 33.0 Å². The largest absolute Gasteiger partial charge is 0.494 e. The van der Waals surface area contributed by atoms with Crippen LogP contribution < -0.4 is 9.47 Å². The fourth-order valence-corrected chi connectivity index (χ4v) is 3.40. The van der Waals surface area contributed by atoms with Gasteiger partial charge >= 0.3 is 0 Å². The highest BCUT2D eigenvalue weighted by Crippen LogP contribution is 2.33. The Morgan fingerprint density at radius 3 is 1.53 bits per heavy atom. The van der Waals surface area contributed by atoms with Crippen LogP contribution in [-0.4, -0.2) is 78.9 Å². The number of nitrogens with zero attached hydrogens (tertiary/aromatic N) is 1. The average molecular weight is 474 g/mol. The molecule has 0 saturated carbocycles. The topological polar surface area (TPSA) is 49.4 Å². The Labute approximate surface area is 206 Å². The first-order valence-electron chi connectivity index (χ1n) is 12.2. The summed E-state index contributed by atoms with van der Waals surface area (Å²) in [6, 6.07) is 16.8. The van der Waals surface area contributed by atoms with Gasteiger partial charge in [-0.05, 0) is 49.5 Å². The molecule has 0 bridgehead atoms. The zero-order chi connectivity index (χ0) is 24.7. The van der Waals surface area contributed by atoms with Gasteiger partial charge in [0.1, 0.15) is 11.5 Å². The van der Waals surface area contributed by atoms with E-state index in [2.05, 4.69) is 55.1 Å². The molecule has 0 heterocycles. The van der Waals surface area contributed by atoms with Crippen LogP contribution in [0.15, 0.2) is 48.5 Å². The second-order valence-electron chi connectivity index (χ2n) is 9.10. The van der Waals surface area contributed by atoms with E-state index in [1.807, 2.05) is 26.2 Å². The van der Waals surface area contributed by atoms with Crippen molar-refractivity contribution >= 4 is 0 Å². The molecule has 34 heavy (non-hydrogen) atoms. The second kappa shape index (κ2) is 15.7. The quantitative estimate of drug-likeness (QED) is 0.290. The molecule has 2 aromatic rings. The van der Waals surface area contributed by atoms with E-state index >= 15 is 0 Å². The highest BCUT2D eigenvalue weighted by molar-refractivity contribution is 5.41. The minimum Gasteiger partial charge on any atom is -0.494 e. The molecule has 0 unspecified atom stereocenters. The average Bonchev–Trinajstić information content (AvgIpc) is 2.83. The van der Waals surface area contributed by atoms with E-state index in [1.165, 1.54) is 11.1 Å². The molecule has 0 spiro atoms. The van der Waals surface area contributed by atoms with Gasteiger partial charge in [0.2, 0.25) is 0 Å². The van der Waals surface area contributed by atoms with Gasteiger partial charge in [-0.3, -0.25) is 0 Å². The van der Waals surface area contributed by atoms with Gasteiger partial charge in [-0.15, -0.1) is 0 Å². The lowest BCUT2D eigenvalue weighted by Crippen LogP contribution is -2.19. The van der Waals surface area contributed by atoms with E-state index in [9.17, 15) is 0 Å². The van der Waals surface area contributed by atoms with Crippen LogP contribution in [0.5, 0.6) is 11.5 Å². The van der Waals surface area contributed by atoms with E-state index in [-0.39, 0.29) is 5.41 Å². The van der Waals surface area contributed by atoms with Gasteiger partial charge in [0, 0.05) is 45.1 Å². The molecule has 6 nitrogen and oxygen atoms in total. The van der Waals surface area contributed by atoms with Crippen molar-refractivity contribution in [3.05, 3.63) is 59.7 Å². The molecular weight excluding hydrogens is 430 g/mol. The molecule has 0 radical (unpaired) electrons. The Hall–Kier alpha value is -2.12. The maximum Gasteiger partial charge on any atom is 0.119 e. The maximum atomic E-state index is 5.87. The zero-order valence-corrected chi connectivity index (χ0v) is 21.7. The third kappa shape index (κ3) is 10.4. The Morgan fingerprint density at radius 2 is 1.09 bits per heavy atom. The molecule has 2 aromatic carbocycles. The molecule has 0 N–H and O–H groups in total. The summed E-state index contributed by atoms with van der Waals surface area (Å²) in [4.78, 5) is 2.12. The summed E-state index contributed by atoms with van der Waals surface area (Å²) in [5.41, 5.74) is 2.37. The Morgan fingerprint density at radius 1 is 0.618 bits per heavy atom. The van der Waals surface area contributed by atoms with Crippen molar-refractivity contribution in [2.24, 2.45) is 0 Å². The highest BCUT2D eigenvalue weighted by atomic mass is 16.5. The summed E-state index contributed by atoms with van der Waals surface area (Å²) < 4.78 is 27.7. The van der Waals surface area contributed by atoms with Crippen LogP contribution in [0.3, 0.4) is 0 Å². The van der Waals surface area contributed by atoms with Gasteiger partial charge in [-0.1, -0.05) is 38.1 Å². The molecule has 190 valence electrons. The first kappa shape index (κ1) is 28.1. The van der Waals surface area contributed by atoms with Crippen molar-refractivity contribution in [3.8, 4) is 11.5 Å². The third-order valence-corrected chi connectivity index (χ3v) is 5.67. The molecule has 0 atom stereocenters. The Balaban J connectivity index is 1.75. The van der Waals surface area contributed by atoms with E-state index < -0.39 is 0 Å².